The summed E-state index contributed by atoms with van der Waals surface area (Å²) >= 11 is 0. The predicted octanol–water partition coefficient (Wildman–Crippen LogP) is 3.02. The van der Waals surface area contributed by atoms with E-state index in [1.807, 2.05) is 19.1 Å². The predicted molar refractivity (Wildman–Crippen MR) is 85.7 cm³/mol. The highest BCUT2D eigenvalue weighted by Gasteiger charge is 1.99. The van der Waals surface area contributed by atoms with Gasteiger partial charge >= 0.3 is 0 Å². The molecular formula is C17H18N2O2. The second-order valence-corrected chi connectivity index (χ2v) is 4.74. The number of phenols is 2. The van der Waals surface area contributed by atoms with Gasteiger partial charge in [-0.1, -0.05) is 24.3 Å². The van der Waals surface area contributed by atoms with E-state index in [9.17, 15) is 10.2 Å². The molecule has 0 aromatic heterocycles. The van der Waals surface area contributed by atoms with Crippen LogP contribution < -0.4 is 0 Å². The maximum atomic E-state index is 9.63. The molecule has 0 spiro atoms. The maximum absolute atomic E-state index is 9.63. The summed E-state index contributed by atoms with van der Waals surface area (Å²) in [6.45, 7) is 2.46. The standard InChI is InChI=1S/C17H18N2O2/c1-13(19-12-15-7-3-5-9-17(15)21)10-18-11-14-6-2-4-8-16(14)20/h2-9,11-13,20-21H,10H2,1H3/b18-11-,19-12-. The zero-order valence-electron chi connectivity index (χ0n) is 11.8. The van der Waals surface area contributed by atoms with Crippen LogP contribution in [0.25, 0.3) is 0 Å². The van der Waals surface area contributed by atoms with Crippen molar-refractivity contribution in [2.24, 2.45) is 9.98 Å². The molecule has 0 aliphatic carbocycles. The van der Waals surface area contributed by atoms with Crippen molar-refractivity contribution < 1.29 is 10.2 Å². The van der Waals surface area contributed by atoms with E-state index in [-0.39, 0.29) is 17.5 Å². The summed E-state index contributed by atoms with van der Waals surface area (Å²) < 4.78 is 0. The number of para-hydroxylation sites is 2. The van der Waals surface area contributed by atoms with Gasteiger partial charge in [0.25, 0.3) is 0 Å². The number of benzene rings is 2. The molecule has 0 aliphatic heterocycles. The first-order valence-electron chi connectivity index (χ1n) is 6.76. The van der Waals surface area contributed by atoms with Gasteiger partial charge in [0.15, 0.2) is 0 Å². The summed E-state index contributed by atoms with van der Waals surface area (Å²) in [6, 6.07) is 14.1. The summed E-state index contributed by atoms with van der Waals surface area (Å²) in [5.41, 5.74) is 1.38. The molecule has 0 saturated carbocycles. The lowest BCUT2D eigenvalue weighted by Crippen LogP contribution is -2.04. The molecule has 2 N–H and O–H groups in total. The van der Waals surface area contributed by atoms with E-state index < -0.39 is 0 Å². The Bertz CT molecular complexity index is 651. The highest BCUT2D eigenvalue weighted by molar-refractivity contribution is 5.84. The molecule has 1 atom stereocenters. The van der Waals surface area contributed by atoms with Gasteiger partial charge in [0, 0.05) is 23.6 Å². The van der Waals surface area contributed by atoms with Crippen LogP contribution in [0.3, 0.4) is 0 Å². The average molecular weight is 282 g/mol. The molecule has 0 saturated heterocycles. The van der Waals surface area contributed by atoms with Gasteiger partial charge in [-0.25, -0.2) is 0 Å². The molecule has 0 amide bonds. The number of hydrogen-bond donors (Lipinski definition) is 2. The number of rotatable bonds is 5. The Morgan fingerprint density at radius 2 is 1.43 bits per heavy atom. The molecule has 1 unspecified atom stereocenters. The normalized spacial score (nSPS) is 13.0. The van der Waals surface area contributed by atoms with E-state index in [0.717, 1.165) is 0 Å². The molecule has 4 nitrogen and oxygen atoms in total. The van der Waals surface area contributed by atoms with E-state index in [2.05, 4.69) is 9.98 Å². The van der Waals surface area contributed by atoms with Crippen molar-refractivity contribution in [3.8, 4) is 11.5 Å². The Morgan fingerprint density at radius 3 is 2.00 bits per heavy atom. The largest absolute Gasteiger partial charge is 0.507 e. The number of aliphatic imine (C=N–C) groups is 2. The molecular weight excluding hydrogens is 264 g/mol. The molecule has 0 bridgehead atoms. The van der Waals surface area contributed by atoms with Crippen LogP contribution >= 0.6 is 0 Å². The lowest BCUT2D eigenvalue weighted by Gasteiger charge is -2.03. The van der Waals surface area contributed by atoms with Gasteiger partial charge in [-0.3, -0.25) is 9.98 Å². The molecule has 0 fully saturated rings. The van der Waals surface area contributed by atoms with E-state index >= 15 is 0 Å². The van der Waals surface area contributed by atoms with Crippen LogP contribution in [0.4, 0.5) is 0 Å². The fraction of sp³-hybridized carbons (Fsp3) is 0.176. The van der Waals surface area contributed by atoms with Crippen LogP contribution in [-0.4, -0.2) is 35.2 Å². The van der Waals surface area contributed by atoms with Gasteiger partial charge in [-0.05, 0) is 31.2 Å². The van der Waals surface area contributed by atoms with Crippen LogP contribution in [0.15, 0.2) is 58.5 Å². The smallest absolute Gasteiger partial charge is 0.124 e. The molecule has 2 rings (SSSR count). The van der Waals surface area contributed by atoms with Gasteiger partial charge in [0.2, 0.25) is 0 Å². The Kier molecular flexibility index (Phi) is 5.10. The molecule has 0 aliphatic rings. The van der Waals surface area contributed by atoms with Crippen LogP contribution in [0.5, 0.6) is 11.5 Å². The van der Waals surface area contributed by atoms with E-state index in [1.54, 1.807) is 48.8 Å². The van der Waals surface area contributed by atoms with Crippen molar-refractivity contribution >= 4 is 12.4 Å². The van der Waals surface area contributed by atoms with E-state index in [0.29, 0.717) is 17.7 Å². The Hall–Kier alpha value is -2.62. The molecule has 2 aromatic rings. The summed E-state index contributed by atoms with van der Waals surface area (Å²) in [6.07, 6.45) is 3.29. The molecule has 108 valence electrons. The summed E-state index contributed by atoms with van der Waals surface area (Å²) in [4.78, 5) is 8.62. The van der Waals surface area contributed by atoms with Crippen LogP contribution in [0, 0.1) is 0 Å². The van der Waals surface area contributed by atoms with Crippen LogP contribution in [-0.2, 0) is 0 Å². The third-order valence-corrected chi connectivity index (χ3v) is 2.94. The fourth-order valence-electron chi connectivity index (χ4n) is 1.75. The minimum atomic E-state index is -0.00767. The van der Waals surface area contributed by atoms with E-state index in [4.69, 9.17) is 0 Å². The summed E-state index contributed by atoms with van der Waals surface area (Å²) in [7, 11) is 0. The monoisotopic (exact) mass is 282 g/mol. The van der Waals surface area contributed by atoms with Crippen molar-refractivity contribution in [3.05, 3.63) is 59.7 Å². The van der Waals surface area contributed by atoms with Crippen molar-refractivity contribution in [2.75, 3.05) is 6.54 Å². The van der Waals surface area contributed by atoms with Crippen molar-refractivity contribution in [1.29, 1.82) is 0 Å². The first-order valence-corrected chi connectivity index (χ1v) is 6.76. The highest BCUT2D eigenvalue weighted by atomic mass is 16.3. The minimum absolute atomic E-state index is 0.00767. The molecule has 21 heavy (non-hydrogen) atoms. The zero-order valence-corrected chi connectivity index (χ0v) is 11.8. The molecule has 4 heteroatoms. The third-order valence-electron chi connectivity index (χ3n) is 2.94. The zero-order chi connectivity index (χ0) is 15.1. The van der Waals surface area contributed by atoms with Gasteiger partial charge in [0.1, 0.15) is 11.5 Å². The van der Waals surface area contributed by atoms with Gasteiger partial charge in [-0.15, -0.1) is 0 Å². The second kappa shape index (κ2) is 7.24. The summed E-state index contributed by atoms with van der Waals surface area (Å²) in [5, 5.41) is 19.2. The third kappa shape index (κ3) is 4.45. The van der Waals surface area contributed by atoms with Gasteiger partial charge < -0.3 is 10.2 Å². The van der Waals surface area contributed by atoms with Crippen LogP contribution in [0.1, 0.15) is 18.1 Å². The SMILES string of the molecule is CC(C/N=C\c1ccccc1O)/N=C\c1ccccc1O. The number of nitrogens with zero attached hydrogens (tertiary/aromatic N) is 2. The molecule has 2 aromatic carbocycles. The van der Waals surface area contributed by atoms with Crippen molar-refractivity contribution in [1.82, 2.24) is 0 Å². The highest BCUT2D eigenvalue weighted by Crippen LogP contribution is 2.14. The quantitative estimate of drug-likeness (QED) is 0.828. The van der Waals surface area contributed by atoms with Gasteiger partial charge in [0.05, 0.1) is 12.6 Å². The summed E-state index contributed by atoms with van der Waals surface area (Å²) in [5.74, 6) is 0.428. The van der Waals surface area contributed by atoms with E-state index in [1.165, 1.54) is 0 Å². The molecule has 0 heterocycles. The van der Waals surface area contributed by atoms with Gasteiger partial charge in [-0.2, -0.15) is 0 Å². The fourth-order valence-corrected chi connectivity index (χ4v) is 1.75. The Balaban J connectivity index is 1.92. The average Bonchev–Trinajstić information content (AvgIpc) is 2.48. The minimum Gasteiger partial charge on any atom is -0.507 e. The maximum Gasteiger partial charge on any atom is 0.124 e. The van der Waals surface area contributed by atoms with Crippen LogP contribution in [0.2, 0.25) is 0 Å². The topological polar surface area (TPSA) is 65.2 Å². The first kappa shape index (κ1) is 14.8. The first-order chi connectivity index (χ1) is 10.2. The Labute approximate surface area is 124 Å². The number of aromatic hydroxyl groups is 2. The lowest BCUT2D eigenvalue weighted by atomic mass is 10.2. The number of phenolic OH excluding ortho intramolecular Hbond substituents is 2. The number of hydrogen-bond acceptors (Lipinski definition) is 4. The molecule has 0 radical (unpaired) electrons. The lowest BCUT2D eigenvalue weighted by molar-refractivity contribution is 0.474. The second-order valence-electron chi connectivity index (χ2n) is 4.74. The Morgan fingerprint density at radius 1 is 0.905 bits per heavy atom. The van der Waals surface area contributed by atoms with Crippen molar-refractivity contribution in [3.63, 3.8) is 0 Å². The van der Waals surface area contributed by atoms with Crippen molar-refractivity contribution in [2.45, 2.75) is 13.0 Å².